The summed E-state index contributed by atoms with van der Waals surface area (Å²) in [5.74, 6) is 0.568. The highest BCUT2D eigenvalue weighted by Crippen LogP contribution is 2.29. The number of amides is 2. The van der Waals surface area contributed by atoms with Gasteiger partial charge in [-0.05, 0) is 25.2 Å². The maximum atomic E-state index is 14.0. The van der Waals surface area contributed by atoms with Crippen LogP contribution in [-0.2, 0) is 0 Å². The van der Waals surface area contributed by atoms with Crippen LogP contribution in [-0.4, -0.2) is 47.4 Å². The minimum atomic E-state index is -1.61. The molecule has 2 unspecified atom stereocenters. The second-order valence-electron chi connectivity index (χ2n) is 6.72. The van der Waals surface area contributed by atoms with Crippen LogP contribution in [0.25, 0.3) is 0 Å². The average Bonchev–Trinajstić information content (AvgIpc) is 2.91. The van der Waals surface area contributed by atoms with Crippen molar-refractivity contribution in [3.8, 4) is 0 Å². The summed E-state index contributed by atoms with van der Waals surface area (Å²) in [7, 11) is 0. The van der Waals surface area contributed by atoms with Gasteiger partial charge in [-0.3, -0.25) is 0 Å². The van der Waals surface area contributed by atoms with Crippen LogP contribution < -0.4 is 5.32 Å². The lowest BCUT2D eigenvalue weighted by molar-refractivity contribution is 0.0800. The molecule has 4 nitrogen and oxygen atoms in total. The molecule has 0 radical (unpaired) electrons. The zero-order valence-electron chi connectivity index (χ0n) is 13.1. The molecule has 2 atom stereocenters. The second-order valence-corrected chi connectivity index (χ2v) is 6.72. The Morgan fingerprint density at radius 1 is 1.43 bits per heavy atom. The van der Waals surface area contributed by atoms with Crippen molar-refractivity contribution in [3.63, 3.8) is 0 Å². The molecule has 2 fully saturated rings. The Morgan fingerprint density at radius 2 is 2.14 bits per heavy atom. The molecule has 2 aliphatic rings. The molecule has 21 heavy (non-hydrogen) atoms. The summed E-state index contributed by atoms with van der Waals surface area (Å²) >= 11 is 0. The third kappa shape index (κ3) is 4.31. The number of rotatable bonds is 5. The van der Waals surface area contributed by atoms with Crippen molar-refractivity contribution in [2.75, 3.05) is 19.7 Å². The molecule has 1 aliphatic heterocycles. The van der Waals surface area contributed by atoms with Crippen molar-refractivity contribution in [2.45, 2.75) is 70.0 Å². The van der Waals surface area contributed by atoms with E-state index in [1.54, 1.807) is 0 Å². The number of hydrogen-bond donors (Lipinski definition) is 2. The zero-order valence-corrected chi connectivity index (χ0v) is 13.1. The first-order chi connectivity index (χ1) is 10.1. The number of nitrogens with zero attached hydrogens (tertiary/aromatic N) is 1. The van der Waals surface area contributed by atoms with Gasteiger partial charge in [0.2, 0.25) is 0 Å². The first-order valence-corrected chi connectivity index (χ1v) is 8.43. The molecule has 5 heteroatoms. The van der Waals surface area contributed by atoms with Crippen LogP contribution in [0, 0.1) is 5.92 Å². The molecule has 2 rings (SSSR count). The van der Waals surface area contributed by atoms with E-state index in [-0.39, 0.29) is 25.0 Å². The van der Waals surface area contributed by atoms with Gasteiger partial charge in [0.15, 0.2) is 5.67 Å². The van der Waals surface area contributed by atoms with Crippen molar-refractivity contribution in [1.29, 1.82) is 0 Å². The fraction of sp³-hybridized carbons (Fsp3) is 0.938. The van der Waals surface area contributed by atoms with E-state index < -0.39 is 12.3 Å². The molecule has 1 saturated heterocycles. The second kappa shape index (κ2) is 7.43. The Balaban J connectivity index is 1.89. The van der Waals surface area contributed by atoms with Crippen molar-refractivity contribution in [1.82, 2.24) is 10.2 Å². The Bertz CT molecular complexity index is 347. The predicted molar refractivity (Wildman–Crippen MR) is 80.9 cm³/mol. The number of carbonyl (C=O) groups is 1. The molecule has 0 bridgehead atoms. The van der Waals surface area contributed by atoms with Crippen molar-refractivity contribution in [2.24, 2.45) is 5.92 Å². The van der Waals surface area contributed by atoms with Gasteiger partial charge in [-0.25, -0.2) is 9.18 Å². The van der Waals surface area contributed by atoms with Crippen molar-refractivity contribution in [3.05, 3.63) is 0 Å². The molecule has 0 aromatic rings. The smallest absolute Gasteiger partial charge is 0.317 e. The molecule has 2 N–H and O–H groups in total. The Kier molecular flexibility index (Phi) is 5.85. The van der Waals surface area contributed by atoms with Gasteiger partial charge in [0.05, 0.1) is 13.2 Å². The number of halogens is 1. The van der Waals surface area contributed by atoms with Gasteiger partial charge in [0, 0.05) is 19.0 Å². The quantitative estimate of drug-likeness (QED) is 0.820. The molecular formula is C16H29FN2O2. The van der Waals surface area contributed by atoms with Crippen LogP contribution in [0.5, 0.6) is 0 Å². The summed E-state index contributed by atoms with van der Waals surface area (Å²) in [4.78, 5) is 13.9. The molecule has 0 aromatic carbocycles. The minimum absolute atomic E-state index is 0.0127. The van der Waals surface area contributed by atoms with E-state index in [4.69, 9.17) is 5.11 Å². The monoisotopic (exact) mass is 300 g/mol. The first kappa shape index (κ1) is 16.5. The van der Waals surface area contributed by atoms with E-state index in [2.05, 4.69) is 12.2 Å². The Morgan fingerprint density at radius 3 is 2.71 bits per heavy atom. The lowest BCUT2D eigenvalue weighted by Crippen LogP contribution is -2.48. The highest BCUT2D eigenvalue weighted by atomic mass is 19.1. The van der Waals surface area contributed by atoms with E-state index in [0.29, 0.717) is 12.5 Å². The summed E-state index contributed by atoms with van der Waals surface area (Å²) in [5, 5.41) is 12.2. The number of nitrogens with one attached hydrogen (secondary N) is 1. The third-order valence-electron chi connectivity index (χ3n) is 5.00. The number of urea groups is 1. The number of carbonyl (C=O) groups excluding carboxylic acids is 1. The van der Waals surface area contributed by atoms with Gasteiger partial charge >= 0.3 is 6.03 Å². The summed E-state index contributed by atoms with van der Waals surface area (Å²) in [6.45, 7) is 2.04. The van der Waals surface area contributed by atoms with Crippen LogP contribution in [0.15, 0.2) is 0 Å². The van der Waals surface area contributed by atoms with E-state index in [0.717, 1.165) is 12.8 Å². The van der Waals surface area contributed by atoms with E-state index in [9.17, 15) is 9.18 Å². The van der Waals surface area contributed by atoms with Gasteiger partial charge in [-0.1, -0.05) is 32.6 Å². The van der Waals surface area contributed by atoms with Gasteiger partial charge in [-0.2, -0.15) is 0 Å². The maximum absolute atomic E-state index is 14.0. The molecule has 122 valence electrons. The zero-order chi connectivity index (χ0) is 15.3. The summed E-state index contributed by atoms with van der Waals surface area (Å²) in [6, 6.07) is 0.0542. The topological polar surface area (TPSA) is 52.6 Å². The SMILES string of the molecule is CCCC(NC(=O)N1CCC(F)(CO)C1)C1CCCCC1. The lowest BCUT2D eigenvalue weighted by Gasteiger charge is -2.32. The highest BCUT2D eigenvalue weighted by Gasteiger charge is 2.40. The molecule has 1 saturated carbocycles. The van der Waals surface area contributed by atoms with Crippen LogP contribution in [0.3, 0.4) is 0 Å². The van der Waals surface area contributed by atoms with Gasteiger partial charge in [-0.15, -0.1) is 0 Å². The predicted octanol–water partition coefficient (Wildman–Crippen LogP) is 2.85. The first-order valence-electron chi connectivity index (χ1n) is 8.43. The van der Waals surface area contributed by atoms with E-state index in [1.807, 2.05) is 0 Å². The molecule has 0 aromatic heterocycles. The number of alkyl halides is 1. The number of aliphatic hydroxyl groups is 1. The van der Waals surface area contributed by atoms with Gasteiger partial charge < -0.3 is 15.3 Å². The number of likely N-dealkylation sites (tertiary alicyclic amines) is 1. The molecule has 2 amide bonds. The number of aliphatic hydroxyl groups excluding tert-OH is 1. The normalized spacial score (nSPS) is 28.6. The summed E-state index contributed by atoms with van der Waals surface area (Å²) < 4.78 is 14.0. The maximum Gasteiger partial charge on any atom is 0.317 e. The van der Waals surface area contributed by atoms with Crippen molar-refractivity contribution >= 4 is 6.03 Å². The molecule has 0 spiro atoms. The Hall–Kier alpha value is -0.840. The molecular weight excluding hydrogens is 271 g/mol. The Labute approximate surface area is 127 Å². The third-order valence-corrected chi connectivity index (χ3v) is 5.00. The minimum Gasteiger partial charge on any atom is -0.393 e. The van der Waals surface area contributed by atoms with E-state index >= 15 is 0 Å². The fourth-order valence-corrected chi connectivity index (χ4v) is 3.66. The van der Waals surface area contributed by atoms with Gasteiger partial charge in [0.1, 0.15) is 0 Å². The van der Waals surface area contributed by atoms with Crippen LogP contribution in [0.2, 0.25) is 0 Å². The average molecular weight is 300 g/mol. The summed E-state index contributed by atoms with van der Waals surface area (Å²) in [5.41, 5.74) is -1.61. The lowest BCUT2D eigenvalue weighted by atomic mass is 9.82. The van der Waals surface area contributed by atoms with Crippen LogP contribution >= 0.6 is 0 Å². The molecule has 1 aliphatic carbocycles. The van der Waals surface area contributed by atoms with Crippen molar-refractivity contribution < 1.29 is 14.3 Å². The number of hydrogen-bond acceptors (Lipinski definition) is 2. The largest absolute Gasteiger partial charge is 0.393 e. The molecule has 1 heterocycles. The van der Waals surface area contributed by atoms with Crippen LogP contribution in [0.4, 0.5) is 9.18 Å². The standard InChI is InChI=1S/C16H29FN2O2/c1-2-6-14(13-7-4-3-5-8-13)18-15(21)19-10-9-16(17,11-19)12-20/h13-14,20H,2-12H2,1H3,(H,18,21). The fourth-order valence-electron chi connectivity index (χ4n) is 3.66. The van der Waals surface area contributed by atoms with Gasteiger partial charge in [0.25, 0.3) is 0 Å². The summed E-state index contributed by atoms with van der Waals surface area (Å²) in [6.07, 6.45) is 8.46. The van der Waals surface area contributed by atoms with Crippen LogP contribution in [0.1, 0.15) is 58.3 Å². The van der Waals surface area contributed by atoms with E-state index in [1.165, 1.54) is 37.0 Å². The highest BCUT2D eigenvalue weighted by molar-refractivity contribution is 5.75.